The maximum absolute atomic E-state index is 10.8. The predicted octanol–water partition coefficient (Wildman–Crippen LogP) is 1.93. The summed E-state index contributed by atoms with van der Waals surface area (Å²) in [5.41, 5.74) is -1.55. The van der Waals surface area contributed by atoms with Gasteiger partial charge in [-0.25, -0.2) is 0 Å². The first-order chi connectivity index (χ1) is 6.22. The highest BCUT2D eigenvalue weighted by Crippen LogP contribution is 2.29. The lowest BCUT2D eigenvalue weighted by Gasteiger charge is -2.27. The molecule has 0 aliphatic heterocycles. The summed E-state index contributed by atoms with van der Waals surface area (Å²) in [7, 11) is 0. The lowest BCUT2D eigenvalue weighted by molar-refractivity contribution is -0.570. The molecule has 0 saturated carbocycles. The van der Waals surface area contributed by atoms with Gasteiger partial charge in [0, 0.05) is 18.8 Å². The van der Waals surface area contributed by atoms with Gasteiger partial charge in [-0.3, -0.25) is 14.9 Å². The van der Waals surface area contributed by atoms with Gasteiger partial charge < -0.3 is 4.74 Å². The summed E-state index contributed by atoms with van der Waals surface area (Å²) in [6, 6.07) is 0. The minimum Gasteiger partial charge on any atom is -0.443 e. The minimum atomic E-state index is -1.55. The van der Waals surface area contributed by atoms with Crippen molar-refractivity contribution < 1.29 is 14.5 Å². The highest BCUT2D eigenvalue weighted by molar-refractivity contribution is 9.09. The Bertz CT molecular complexity index is 248. The first kappa shape index (κ1) is 13.6. The maximum atomic E-state index is 10.8. The molecule has 0 bridgehead atoms. The van der Waals surface area contributed by atoms with E-state index in [0.29, 0.717) is 0 Å². The van der Waals surface area contributed by atoms with E-state index in [2.05, 4.69) is 20.7 Å². The molecule has 0 spiro atoms. The Kier molecular flexibility index (Phi) is 4.80. The fourth-order valence-corrected chi connectivity index (χ4v) is 1.85. The van der Waals surface area contributed by atoms with Gasteiger partial charge in [0.1, 0.15) is 5.38 Å². The fraction of sp³-hybridized carbons (Fsp3) is 0.857. The molecule has 3 atom stereocenters. The van der Waals surface area contributed by atoms with Crippen LogP contribution in [-0.4, -0.2) is 26.8 Å². The van der Waals surface area contributed by atoms with Crippen LogP contribution in [0.15, 0.2) is 0 Å². The molecular formula is C7H11BrClNO4. The van der Waals surface area contributed by atoms with Crippen molar-refractivity contribution in [3.8, 4) is 0 Å². The van der Waals surface area contributed by atoms with Crippen molar-refractivity contribution in [2.24, 2.45) is 0 Å². The molecule has 82 valence electrons. The Hall–Kier alpha value is -0.360. The molecule has 0 fully saturated rings. The Morgan fingerprint density at radius 2 is 2.14 bits per heavy atom. The van der Waals surface area contributed by atoms with Gasteiger partial charge in [0.2, 0.25) is 5.01 Å². The molecule has 0 heterocycles. The van der Waals surface area contributed by atoms with Crippen molar-refractivity contribution in [2.45, 2.75) is 36.7 Å². The quantitative estimate of drug-likeness (QED) is 0.343. The van der Waals surface area contributed by atoms with Gasteiger partial charge in [-0.2, -0.15) is 0 Å². The fourth-order valence-electron chi connectivity index (χ4n) is 0.674. The largest absolute Gasteiger partial charge is 0.443 e. The van der Waals surface area contributed by atoms with E-state index in [1.165, 1.54) is 20.8 Å². The summed E-state index contributed by atoms with van der Waals surface area (Å²) in [6.07, 6.45) is 0. The number of halogens is 2. The third kappa shape index (κ3) is 2.81. The van der Waals surface area contributed by atoms with Crippen LogP contribution in [0, 0.1) is 10.1 Å². The number of hydrogen-bond donors (Lipinski definition) is 0. The van der Waals surface area contributed by atoms with E-state index in [1.807, 2.05) is 0 Å². The number of nitrogens with zero attached hydrogens (tertiary/aromatic N) is 1. The SMILES string of the molecule is CC(=O)OC(Br)C(C)(C(C)Cl)[N+](=O)[O-]. The molecule has 0 rings (SSSR count). The molecule has 0 radical (unpaired) electrons. The van der Waals surface area contributed by atoms with Crippen LogP contribution in [-0.2, 0) is 9.53 Å². The Morgan fingerprint density at radius 1 is 1.71 bits per heavy atom. The second-order valence-electron chi connectivity index (χ2n) is 3.02. The van der Waals surface area contributed by atoms with E-state index in [4.69, 9.17) is 11.6 Å². The zero-order chi connectivity index (χ0) is 11.5. The number of esters is 1. The highest BCUT2D eigenvalue weighted by atomic mass is 79.9. The van der Waals surface area contributed by atoms with Crippen molar-refractivity contribution >= 4 is 33.5 Å². The molecule has 3 unspecified atom stereocenters. The van der Waals surface area contributed by atoms with Gasteiger partial charge in [0.25, 0.3) is 5.54 Å². The van der Waals surface area contributed by atoms with Crippen LogP contribution in [0.3, 0.4) is 0 Å². The molecule has 0 aromatic heterocycles. The van der Waals surface area contributed by atoms with Gasteiger partial charge >= 0.3 is 5.97 Å². The maximum Gasteiger partial charge on any atom is 0.304 e. The Labute approximate surface area is 95.0 Å². The van der Waals surface area contributed by atoms with Crippen LogP contribution in [0.1, 0.15) is 20.8 Å². The topological polar surface area (TPSA) is 69.4 Å². The third-order valence-electron chi connectivity index (χ3n) is 1.93. The summed E-state index contributed by atoms with van der Waals surface area (Å²) in [4.78, 5) is 20.9. The van der Waals surface area contributed by atoms with Crippen LogP contribution in [0.4, 0.5) is 0 Å². The highest BCUT2D eigenvalue weighted by Gasteiger charge is 2.51. The number of nitro groups is 1. The second kappa shape index (κ2) is 4.93. The van der Waals surface area contributed by atoms with Crippen molar-refractivity contribution in [1.29, 1.82) is 0 Å². The first-order valence-electron chi connectivity index (χ1n) is 3.82. The number of carbonyl (C=O) groups is 1. The summed E-state index contributed by atoms with van der Waals surface area (Å²) < 4.78 is 4.69. The summed E-state index contributed by atoms with van der Waals surface area (Å²) >= 11 is 8.63. The van der Waals surface area contributed by atoms with E-state index >= 15 is 0 Å². The lowest BCUT2D eigenvalue weighted by Crippen LogP contribution is -2.51. The van der Waals surface area contributed by atoms with E-state index in [0.717, 1.165) is 0 Å². The molecule has 0 saturated heterocycles. The van der Waals surface area contributed by atoms with Crippen LogP contribution in [0.25, 0.3) is 0 Å². The number of rotatable bonds is 4. The average Bonchev–Trinajstić information content (AvgIpc) is 2.00. The number of carbonyl (C=O) groups excluding carboxylic acids is 1. The standard InChI is InChI=1S/C7H11BrClNO4/c1-4(9)7(3,10(12)13)6(8)14-5(2)11/h4,6H,1-3H3. The molecule has 0 aliphatic carbocycles. The minimum absolute atomic E-state index is 0.562. The second-order valence-corrected chi connectivity index (χ2v) is 4.51. The molecule has 0 amide bonds. The van der Waals surface area contributed by atoms with Crippen molar-refractivity contribution in [3.63, 3.8) is 0 Å². The molecule has 7 heteroatoms. The number of alkyl halides is 2. The van der Waals surface area contributed by atoms with Gasteiger partial charge in [-0.15, -0.1) is 11.6 Å². The van der Waals surface area contributed by atoms with E-state index in [1.54, 1.807) is 0 Å². The molecule has 0 aromatic rings. The predicted molar refractivity (Wildman–Crippen MR) is 55.2 cm³/mol. The van der Waals surface area contributed by atoms with Gasteiger partial charge in [0.05, 0.1) is 0 Å². The average molecular weight is 289 g/mol. The van der Waals surface area contributed by atoms with Gasteiger partial charge in [-0.05, 0) is 22.9 Å². The van der Waals surface area contributed by atoms with Crippen molar-refractivity contribution in [1.82, 2.24) is 0 Å². The normalized spacial score (nSPS) is 19.2. The summed E-state index contributed by atoms with van der Waals surface area (Å²) in [5.74, 6) is -0.600. The Balaban J connectivity index is 4.82. The molecule has 5 nitrogen and oxygen atoms in total. The number of hydrogen-bond acceptors (Lipinski definition) is 4. The molecular weight excluding hydrogens is 277 g/mol. The van der Waals surface area contributed by atoms with E-state index < -0.39 is 26.8 Å². The zero-order valence-electron chi connectivity index (χ0n) is 7.99. The smallest absolute Gasteiger partial charge is 0.304 e. The summed E-state index contributed by atoms with van der Waals surface area (Å²) in [6.45, 7) is 3.96. The Morgan fingerprint density at radius 3 is 2.36 bits per heavy atom. The summed E-state index contributed by atoms with van der Waals surface area (Å²) in [5, 5.41) is 8.96. The lowest BCUT2D eigenvalue weighted by atomic mass is 10.0. The van der Waals surface area contributed by atoms with Crippen molar-refractivity contribution in [3.05, 3.63) is 10.1 Å². The van der Waals surface area contributed by atoms with Crippen LogP contribution in [0.5, 0.6) is 0 Å². The van der Waals surface area contributed by atoms with Crippen molar-refractivity contribution in [2.75, 3.05) is 0 Å². The van der Waals surface area contributed by atoms with Gasteiger partial charge in [-0.1, -0.05) is 0 Å². The molecule has 0 N–H and O–H groups in total. The third-order valence-corrected chi connectivity index (χ3v) is 3.48. The van der Waals surface area contributed by atoms with Crippen LogP contribution in [0.2, 0.25) is 0 Å². The number of ether oxygens (including phenoxy) is 1. The van der Waals surface area contributed by atoms with Crippen LogP contribution >= 0.6 is 27.5 Å². The molecule has 0 aromatic carbocycles. The van der Waals surface area contributed by atoms with Gasteiger partial charge in [0.15, 0.2) is 0 Å². The van der Waals surface area contributed by atoms with E-state index in [9.17, 15) is 14.9 Å². The molecule has 0 aliphatic rings. The molecule has 14 heavy (non-hydrogen) atoms. The van der Waals surface area contributed by atoms with E-state index in [-0.39, 0.29) is 0 Å². The monoisotopic (exact) mass is 287 g/mol. The van der Waals surface area contributed by atoms with Crippen LogP contribution < -0.4 is 0 Å². The zero-order valence-corrected chi connectivity index (χ0v) is 10.3. The first-order valence-corrected chi connectivity index (χ1v) is 5.18.